The minimum Gasteiger partial charge on any atom is -0.357 e. The highest BCUT2D eigenvalue weighted by Crippen LogP contribution is 2.20. The van der Waals surface area contributed by atoms with Crippen LogP contribution in [0.1, 0.15) is 37.8 Å². The van der Waals surface area contributed by atoms with Gasteiger partial charge in [0, 0.05) is 31.0 Å². The standard InChI is InChI=1S/C24H32BrN3O4S/c1-5-19-11-13-22(14-12-19)28(33(4,31)32)15-7-10-23(29)27(18(2)24(30)26-3)17-20-8-6-9-21(25)16-20/h6,8-9,11-14,16,18H,5,7,10,15,17H2,1-4H3,(H,26,30). The van der Waals surface area contributed by atoms with Gasteiger partial charge in [0.25, 0.3) is 0 Å². The van der Waals surface area contributed by atoms with Crippen molar-refractivity contribution in [3.63, 3.8) is 0 Å². The van der Waals surface area contributed by atoms with Gasteiger partial charge in [0.05, 0.1) is 11.9 Å². The number of carbonyl (C=O) groups excluding carboxylic acids is 2. The Bertz CT molecular complexity index is 1060. The quantitative estimate of drug-likeness (QED) is 0.473. The molecular weight excluding hydrogens is 506 g/mol. The number of hydrogen-bond acceptors (Lipinski definition) is 4. The second kappa shape index (κ2) is 12.2. The first-order valence-corrected chi connectivity index (χ1v) is 13.5. The maximum Gasteiger partial charge on any atom is 0.242 e. The normalized spacial score (nSPS) is 12.2. The van der Waals surface area contributed by atoms with E-state index < -0.39 is 16.1 Å². The Morgan fingerprint density at radius 2 is 1.76 bits per heavy atom. The van der Waals surface area contributed by atoms with Crippen molar-refractivity contribution in [1.29, 1.82) is 0 Å². The number of nitrogens with one attached hydrogen (secondary N) is 1. The molecule has 180 valence electrons. The molecule has 0 aliphatic carbocycles. The molecule has 7 nitrogen and oxygen atoms in total. The van der Waals surface area contributed by atoms with Gasteiger partial charge in [-0.1, -0.05) is 47.1 Å². The van der Waals surface area contributed by atoms with E-state index in [9.17, 15) is 18.0 Å². The number of carbonyl (C=O) groups is 2. The van der Waals surface area contributed by atoms with Crippen molar-refractivity contribution >= 4 is 43.5 Å². The number of aryl methyl sites for hydroxylation is 1. The first-order chi connectivity index (χ1) is 15.6. The molecule has 33 heavy (non-hydrogen) atoms. The van der Waals surface area contributed by atoms with Crippen LogP contribution in [0.3, 0.4) is 0 Å². The summed E-state index contributed by atoms with van der Waals surface area (Å²) in [7, 11) is -1.97. The number of sulfonamides is 1. The largest absolute Gasteiger partial charge is 0.357 e. The topological polar surface area (TPSA) is 86.8 Å². The molecule has 2 aromatic rings. The number of hydrogen-bond donors (Lipinski definition) is 1. The fourth-order valence-electron chi connectivity index (χ4n) is 3.53. The number of amides is 2. The van der Waals surface area contributed by atoms with Crippen LogP contribution in [0.15, 0.2) is 53.0 Å². The van der Waals surface area contributed by atoms with E-state index in [4.69, 9.17) is 0 Å². The molecule has 1 atom stereocenters. The molecule has 0 saturated heterocycles. The predicted octanol–water partition coefficient (Wildman–Crippen LogP) is 3.72. The Balaban J connectivity index is 2.13. The molecule has 0 aliphatic rings. The van der Waals surface area contributed by atoms with E-state index in [0.717, 1.165) is 28.3 Å². The Labute approximate surface area is 205 Å². The van der Waals surface area contributed by atoms with Crippen LogP contribution in [0, 0.1) is 0 Å². The molecule has 0 bridgehead atoms. The molecule has 1 N–H and O–H groups in total. The summed E-state index contributed by atoms with van der Waals surface area (Å²) in [5, 5.41) is 2.59. The zero-order valence-corrected chi connectivity index (χ0v) is 21.9. The van der Waals surface area contributed by atoms with Crippen molar-refractivity contribution in [3.05, 3.63) is 64.1 Å². The lowest BCUT2D eigenvalue weighted by Crippen LogP contribution is -2.46. The van der Waals surface area contributed by atoms with Crippen LogP contribution in [0.2, 0.25) is 0 Å². The summed E-state index contributed by atoms with van der Waals surface area (Å²) >= 11 is 3.43. The van der Waals surface area contributed by atoms with E-state index in [-0.39, 0.29) is 31.3 Å². The minimum atomic E-state index is -3.50. The highest BCUT2D eigenvalue weighted by atomic mass is 79.9. The van der Waals surface area contributed by atoms with Crippen LogP contribution in [0.4, 0.5) is 5.69 Å². The molecule has 0 saturated carbocycles. The summed E-state index contributed by atoms with van der Waals surface area (Å²) in [4.78, 5) is 26.9. The zero-order chi connectivity index (χ0) is 24.6. The highest BCUT2D eigenvalue weighted by molar-refractivity contribution is 9.10. The number of halogens is 1. The van der Waals surface area contributed by atoms with Gasteiger partial charge >= 0.3 is 0 Å². The molecule has 0 aromatic heterocycles. The fourth-order valence-corrected chi connectivity index (χ4v) is 4.94. The van der Waals surface area contributed by atoms with E-state index in [1.807, 2.05) is 43.3 Å². The van der Waals surface area contributed by atoms with Crippen LogP contribution in [0.25, 0.3) is 0 Å². The number of nitrogens with zero attached hydrogens (tertiary/aromatic N) is 2. The third kappa shape index (κ3) is 7.85. The average molecular weight is 539 g/mol. The minimum absolute atomic E-state index is 0.119. The molecule has 0 spiro atoms. The summed E-state index contributed by atoms with van der Waals surface area (Å²) in [5.41, 5.74) is 2.59. The second-order valence-corrected chi connectivity index (χ2v) is 10.7. The summed E-state index contributed by atoms with van der Waals surface area (Å²) in [6, 6.07) is 14.3. The third-order valence-corrected chi connectivity index (χ3v) is 7.13. The molecule has 2 rings (SSSR count). The molecule has 2 aromatic carbocycles. The van der Waals surface area contributed by atoms with Gasteiger partial charge in [0.2, 0.25) is 21.8 Å². The lowest BCUT2D eigenvalue weighted by Gasteiger charge is -2.29. The highest BCUT2D eigenvalue weighted by Gasteiger charge is 2.26. The maximum atomic E-state index is 13.1. The summed E-state index contributed by atoms with van der Waals surface area (Å²) in [6.45, 7) is 4.18. The first kappa shape index (κ1) is 26.9. The predicted molar refractivity (Wildman–Crippen MR) is 135 cm³/mol. The van der Waals surface area contributed by atoms with Crippen LogP contribution >= 0.6 is 15.9 Å². The molecule has 1 unspecified atom stereocenters. The molecule has 0 aliphatic heterocycles. The van der Waals surface area contributed by atoms with Gasteiger partial charge in [-0.3, -0.25) is 13.9 Å². The molecule has 0 fully saturated rings. The molecule has 2 amide bonds. The van der Waals surface area contributed by atoms with Crippen molar-refractivity contribution in [3.8, 4) is 0 Å². The number of rotatable bonds is 11. The van der Waals surface area contributed by atoms with Gasteiger partial charge in [-0.2, -0.15) is 0 Å². The second-order valence-electron chi connectivity index (χ2n) is 7.90. The number of anilines is 1. The van der Waals surface area contributed by atoms with Gasteiger partial charge in [0.1, 0.15) is 6.04 Å². The van der Waals surface area contributed by atoms with Crippen molar-refractivity contribution in [1.82, 2.24) is 10.2 Å². The Morgan fingerprint density at radius 1 is 1.09 bits per heavy atom. The smallest absolute Gasteiger partial charge is 0.242 e. The summed E-state index contributed by atoms with van der Waals surface area (Å²) in [5.74, 6) is -0.465. The number of likely N-dealkylation sites (N-methyl/N-ethyl adjacent to an activating group) is 1. The van der Waals surface area contributed by atoms with Crippen molar-refractivity contribution in [2.75, 3.05) is 24.2 Å². The first-order valence-electron chi connectivity index (χ1n) is 10.9. The lowest BCUT2D eigenvalue weighted by atomic mass is 10.1. The fraction of sp³-hybridized carbons (Fsp3) is 0.417. The van der Waals surface area contributed by atoms with Crippen molar-refractivity contribution in [2.45, 2.75) is 45.7 Å². The Morgan fingerprint density at radius 3 is 2.30 bits per heavy atom. The van der Waals surface area contributed by atoms with Crippen molar-refractivity contribution in [2.24, 2.45) is 0 Å². The van der Waals surface area contributed by atoms with Crippen LogP contribution in [-0.4, -0.2) is 51.0 Å². The van der Waals surface area contributed by atoms with E-state index in [0.29, 0.717) is 12.1 Å². The van der Waals surface area contributed by atoms with E-state index >= 15 is 0 Å². The SMILES string of the molecule is CCc1ccc(N(CCCC(=O)N(Cc2cccc(Br)c2)C(C)C(=O)NC)S(C)(=O)=O)cc1. The summed E-state index contributed by atoms with van der Waals surface area (Å²) in [6.07, 6.45) is 2.48. The lowest BCUT2D eigenvalue weighted by molar-refractivity contribution is -0.140. The maximum absolute atomic E-state index is 13.1. The van der Waals surface area contributed by atoms with Crippen LogP contribution < -0.4 is 9.62 Å². The van der Waals surface area contributed by atoms with Gasteiger partial charge in [-0.25, -0.2) is 8.42 Å². The molecular formula is C24H32BrN3O4S. The number of benzene rings is 2. The van der Waals surface area contributed by atoms with Gasteiger partial charge in [0.15, 0.2) is 0 Å². The van der Waals surface area contributed by atoms with E-state index in [2.05, 4.69) is 21.2 Å². The van der Waals surface area contributed by atoms with Crippen LogP contribution in [-0.2, 0) is 32.6 Å². The third-order valence-electron chi connectivity index (χ3n) is 5.44. The Hall–Kier alpha value is -2.39. The average Bonchev–Trinajstić information content (AvgIpc) is 2.78. The van der Waals surface area contributed by atoms with Crippen molar-refractivity contribution < 1.29 is 18.0 Å². The van der Waals surface area contributed by atoms with E-state index in [1.165, 1.54) is 16.3 Å². The zero-order valence-electron chi connectivity index (χ0n) is 19.5. The van der Waals surface area contributed by atoms with Gasteiger partial charge in [-0.05, 0) is 55.2 Å². The molecule has 0 heterocycles. The monoisotopic (exact) mass is 537 g/mol. The van der Waals surface area contributed by atoms with E-state index in [1.54, 1.807) is 19.1 Å². The van der Waals surface area contributed by atoms with Crippen LogP contribution in [0.5, 0.6) is 0 Å². The summed E-state index contributed by atoms with van der Waals surface area (Å²) < 4.78 is 27.0. The van der Waals surface area contributed by atoms with Gasteiger partial charge in [-0.15, -0.1) is 0 Å². The van der Waals surface area contributed by atoms with Gasteiger partial charge < -0.3 is 10.2 Å². The molecule has 0 radical (unpaired) electrons. The Kier molecular flexibility index (Phi) is 9.91. The molecule has 9 heteroatoms.